The molecule has 0 N–H and O–H groups in total. The molecule has 0 spiro atoms. The average molecular weight is 816 g/mol. The lowest BCUT2D eigenvalue weighted by molar-refractivity contribution is 0.660. The van der Waals surface area contributed by atoms with Gasteiger partial charge in [0.1, 0.15) is 0 Å². The molecule has 0 aromatic heterocycles. The first-order chi connectivity index (χ1) is 31.5. The van der Waals surface area contributed by atoms with Gasteiger partial charge in [0, 0.05) is 22.4 Å². The van der Waals surface area contributed by atoms with Crippen LogP contribution in [0.15, 0.2) is 237 Å². The van der Waals surface area contributed by atoms with Crippen LogP contribution in [0.25, 0.3) is 88.0 Å². The molecular weight excluding hydrogens is 771 g/mol. The van der Waals surface area contributed by atoms with E-state index in [4.69, 9.17) is 0 Å². The summed E-state index contributed by atoms with van der Waals surface area (Å²) in [5.74, 6) is 0. The Hall–Kier alpha value is -8.00. The van der Waals surface area contributed by atoms with Crippen LogP contribution in [0.3, 0.4) is 0 Å². The highest BCUT2D eigenvalue weighted by Gasteiger charge is 2.36. The maximum Gasteiger partial charge on any atom is 0.0546 e. The molecule has 302 valence electrons. The fraction of sp³-hybridized carbons (Fsp3) is 0.0476. The van der Waals surface area contributed by atoms with E-state index in [1.807, 2.05) is 0 Å². The van der Waals surface area contributed by atoms with Gasteiger partial charge in [0.2, 0.25) is 0 Å². The fourth-order valence-electron chi connectivity index (χ4n) is 10.4. The number of benzene rings is 11. The van der Waals surface area contributed by atoms with Gasteiger partial charge in [-0.25, -0.2) is 0 Å². The minimum Gasteiger partial charge on any atom is -0.310 e. The number of hydrogen-bond acceptors (Lipinski definition) is 1. The maximum absolute atomic E-state index is 2.49. The van der Waals surface area contributed by atoms with Crippen molar-refractivity contribution in [2.24, 2.45) is 0 Å². The van der Waals surface area contributed by atoms with Crippen molar-refractivity contribution in [1.82, 2.24) is 0 Å². The van der Waals surface area contributed by atoms with Crippen molar-refractivity contribution in [1.29, 1.82) is 0 Å². The van der Waals surface area contributed by atoms with Crippen LogP contribution in [-0.4, -0.2) is 0 Å². The summed E-state index contributed by atoms with van der Waals surface area (Å²) in [6, 6.07) is 87.4. The SMILES string of the molecule is CC1(C)c2ccccc2-c2ccc(N(c3ccc(-c4ccccc4)cc3)c3cccc(-c4cc5ccccc5c5ccccc45)c3-c3ccc(-c4ccc5ccccc5c4)cc3)cc21. The molecule has 11 aromatic carbocycles. The monoisotopic (exact) mass is 815 g/mol. The molecule has 1 aliphatic rings. The van der Waals surface area contributed by atoms with Crippen molar-refractivity contribution in [2.45, 2.75) is 19.3 Å². The summed E-state index contributed by atoms with van der Waals surface area (Å²) < 4.78 is 0. The summed E-state index contributed by atoms with van der Waals surface area (Å²) in [4.78, 5) is 2.49. The van der Waals surface area contributed by atoms with E-state index in [9.17, 15) is 0 Å². The topological polar surface area (TPSA) is 3.24 Å². The lowest BCUT2D eigenvalue weighted by Crippen LogP contribution is -2.17. The smallest absolute Gasteiger partial charge is 0.0546 e. The van der Waals surface area contributed by atoms with Gasteiger partial charge in [-0.15, -0.1) is 0 Å². The Bertz CT molecular complexity index is 3560. The lowest BCUT2D eigenvalue weighted by Gasteiger charge is -2.31. The minimum absolute atomic E-state index is 0.155. The molecule has 1 nitrogen and oxygen atoms in total. The third-order valence-electron chi connectivity index (χ3n) is 13.7. The van der Waals surface area contributed by atoms with Crippen LogP contribution in [0.5, 0.6) is 0 Å². The van der Waals surface area contributed by atoms with Gasteiger partial charge >= 0.3 is 0 Å². The standard InChI is InChI=1S/C63H45N/c1-63(2)59-25-13-12-23-55(59)56-38-37-51(41-60(56)63)64(50-35-33-44(34-36-50)42-15-4-3-5-16-42)61-26-14-24-57(58-40-49-19-8-9-20-52(49)53-21-10-11-22-54(53)58)62(61)46-30-27-45(28-31-46)48-32-29-43-17-6-7-18-47(43)39-48/h3-41H,1-2H3. The molecule has 0 fully saturated rings. The van der Waals surface area contributed by atoms with E-state index in [1.54, 1.807) is 0 Å². The summed E-state index contributed by atoms with van der Waals surface area (Å²) in [5.41, 5.74) is 18.1. The van der Waals surface area contributed by atoms with Gasteiger partial charge in [0.25, 0.3) is 0 Å². The normalized spacial score (nSPS) is 12.7. The Morgan fingerprint density at radius 2 is 0.859 bits per heavy atom. The van der Waals surface area contributed by atoms with Gasteiger partial charge in [-0.2, -0.15) is 0 Å². The molecule has 1 aliphatic carbocycles. The van der Waals surface area contributed by atoms with Gasteiger partial charge in [-0.3, -0.25) is 0 Å². The van der Waals surface area contributed by atoms with E-state index in [1.165, 1.54) is 93.5 Å². The summed E-state index contributed by atoms with van der Waals surface area (Å²) in [6.07, 6.45) is 0. The van der Waals surface area contributed by atoms with Crippen molar-refractivity contribution in [3.05, 3.63) is 248 Å². The van der Waals surface area contributed by atoms with E-state index < -0.39 is 0 Å². The molecule has 0 atom stereocenters. The van der Waals surface area contributed by atoms with Gasteiger partial charge < -0.3 is 4.90 Å². The number of nitrogens with zero attached hydrogens (tertiary/aromatic N) is 1. The van der Waals surface area contributed by atoms with Gasteiger partial charge in [-0.05, 0) is 136 Å². The first-order valence-electron chi connectivity index (χ1n) is 22.3. The van der Waals surface area contributed by atoms with Crippen LogP contribution in [0.2, 0.25) is 0 Å². The summed E-state index contributed by atoms with van der Waals surface area (Å²) in [7, 11) is 0. The second kappa shape index (κ2) is 15.1. The molecule has 0 saturated carbocycles. The molecule has 0 bridgehead atoms. The van der Waals surface area contributed by atoms with Crippen LogP contribution in [0.4, 0.5) is 17.1 Å². The summed E-state index contributed by atoms with van der Waals surface area (Å²) >= 11 is 0. The van der Waals surface area contributed by atoms with Gasteiger partial charge in [0.15, 0.2) is 0 Å². The average Bonchev–Trinajstić information content (AvgIpc) is 3.59. The summed E-state index contributed by atoms with van der Waals surface area (Å²) in [6.45, 7) is 4.74. The first-order valence-corrected chi connectivity index (χ1v) is 22.3. The van der Waals surface area contributed by atoms with Crippen LogP contribution in [0, 0.1) is 0 Å². The third-order valence-corrected chi connectivity index (χ3v) is 13.7. The van der Waals surface area contributed by atoms with E-state index >= 15 is 0 Å². The highest BCUT2D eigenvalue weighted by atomic mass is 15.1. The highest BCUT2D eigenvalue weighted by molar-refractivity contribution is 6.15. The highest BCUT2D eigenvalue weighted by Crippen LogP contribution is 2.53. The van der Waals surface area contributed by atoms with E-state index in [2.05, 4.69) is 255 Å². The molecule has 0 saturated heterocycles. The van der Waals surface area contributed by atoms with Crippen molar-refractivity contribution >= 4 is 49.4 Å². The predicted octanol–water partition coefficient (Wildman–Crippen LogP) is 17.6. The Morgan fingerprint density at radius 1 is 0.297 bits per heavy atom. The van der Waals surface area contributed by atoms with Crippen LogP contribution in [0.1, 0.15) is 25.0 Å². The van der Waals surface area contributed by atoms with Crippen molar-refractivity contribution in [3.8, 4) is 55.6 Å². The predicted molar refractivity (Wildman–Crippen MR) is 273 cm³/mol. The zero-order chi connectivity index (χ0) is 42.8. The molecule has 0 amide bonds. The van der Waals surface area contributed by atoms with Gasteiger partial charge in [-0.1, -0.05) is 208 Å². The Kier molecular flexibility index (Phi) is 8.91. The van der Waals surface area contributed by atoms with Crippen molar-refractivity contribution in [2.75, 3.05) is 4.90 Å². The molecule has 12 rings (SSSR count). The summed E-state index contributed by atoms with van der Waals surface area (Å²) in [5, 5.41) is 7.49. The Morgan fingerprint density at radius 3 is 1.67 bits per heavy atom. The van der Waals surface area contributed by atoms with Gasteiger partial charge in [0.05, 0.1) is 5.69 Å². The molecule has 0 aliphatic heterocycles. The molecule has 64 heavy (non-hydrogen) atoms. The minimum atomic E-state index is -0.155. The van der Waals surface area contributed by atoms with Crippen molar-refractivity contribution < 1.29 is 0 Å². The molecule has 11 aromatic rings. The van der Waals surface area contributed by atoms with Crippen LogP contribution in [-0.2, 0) is 5.41 Å². The van der Waals surface area contributed by atoms with E-state index in [0.29, 0.717) is 0 Å². The number of rotatable bonds is 7. The first kappa shape index (κ1) is 37.7. The molecular formula is C63H45N. The van der Waals surface area contributed by atoms with E-state index in [0.717, 1.165) is 22.6 Å². The Labute approximate surface area is 375 Å². The lowest BCUT2D eigenvalue weighted by atomic mass is 9.82. The number of anilines is 3. The zero-order valence-corrected chi connectivity index (χ0v) is 36.0. The third kappa shape index (κ3) is 6.23. The Balaban J connectivity index is 1.11. The number of hydrogen-bond donors (Lipinski definition) is 0. The van der Waals surface area contributed by atoms with Crippen LogP contribution >= 0.6 is 0 Å². The second-order valence-electron chi connectivity index (χ2n) is 17.7. The molecule has 0 unspecified atom stereocenters. The molecule has 1 heteroatoms. The zero-order valence-electron chi connectivity index (χ0n) is 36.0. The molecule has 0 heterocycles. The quantitative estimate of drug-likeness (QED) is 0.145. The molecule has 0 radical (unpaired) electrons. The fourth-order valence-corrected chi connectivity index (χ4v) is 10.4. The second-order valence-corrected chi connectivity index (χ2v) is 17.7. The van der Waals surface area contributed by atoms with Crippen LogP contribution < -0.4 is 4.90 Å². The van der Waals surface area contributed by atoms with Crippen molar-refractivity contribution in [3.63, 3.8) is 0 Å². The maximum atomic E-state index is 2.49. The van der Waals surface area contributed by atoms with E-state index in [-0.39, 0.29) is 5.41 Å². The number of fused-ring (bicyclic) bond motifs is 7. The largest absolute Gasteiger partial charge is 0.310 e.